The topological polar surface area (TPSA) is 95.7 Å². The van der Waals surface area contributed by atoms with Gasteiger partial charge in [0.25, 0.3) is 0 Å². The monoisotopic (exact) mass is 454 g/mol. The van der Waals surface area contributed by atoms with Gasteiger partial charge in [0, 0.05) is 36.5 Å². The summed E-state index contributed by atoms with van der Waals surface area (Å²) in [5.41, 5.74) is 4.92. The van der Waals surface area contributed by atoms with Crippen LogP contribution < -0.4 is 31.1 Å². The molecule has 3 N–H and O–H groups in total. The Bertz CT molecular complexity index is 1510. The fraction of sp³-hybridized carbons (Fsp3) is 0.192. The SMILES string of the molecule is CC=c1nc(NC)ncc1=CNc1nc2ccc(-c3cc(NC(C)=O)ccc3C)cc2c[n+]1C. The van der Waals surface area contributed by atoms with E-state index in [1.165, 1.54) is 6.92 Å². The summed E-state index contributed by atoms with van der Waals surface area (Å²) in [5.74, 6) is 1.19. The highest BCUT2D eigenvalue weighted by Crippen LogP contribution is 2.29. The summed E-state index contributed by atoms with van der Waals surface area (Å²) < 4.78 is 1.95. The molecule has 8 nitrogen and oxygen atoms in total. The fourth-order valence-corrected chi connectivity index (χ4v) is 3.75. The van der Waals surface area contributed by atoms with E-state index in [9.17, 15) is 4.79 Å². The van der Waals surface area contributed by atoms with Crippen LogP contribution in [0.2, 0.25) is 0 Å². The maximum Gasteiger partial charge on any atom is 0.396 e. The summed E-state index contributed by atoms with van der Waals surface area (Å²) in [4.78, 5) is 25.0. The lowest BCUT2D eigenvalue weighted by Gasteiger charge is -2.10. The maximum atomic E-state index is 11.5. The first-order valence-corrected chi connectivity index (χ1v) is 11.0. The van der Waals surface area contributed by atoms with Crippen LogP contribution in [0.4, 0.5) is 17.6 Å². The molecule has 0 saturated heterocycles. The molecular formula is C26H28N7O+. The molecule has 8 heteroatoms. The number of nitrogens with zero attached hydrogens (tertiary/aromatic N) is 4. The number of hydrogen-bond donors (Lipinski definition) is 3. The van der Waals surface area contributed by atoms with E-state index < -0.39 is 0 Å². The van der Waals surface area contributed by atoms with Gasteiger partial charge in [-0.3, -0.25) is 4.79 Å². The maximum absolute atomic E-state index is 11.5. The Morgan fingerprint density at radius 3 is 2.68 bits per heavy atom. The van der Waals surface area contributed by atoms with Crippen LogP contribution in [0.15, 0.2) is 48.8 Å². The minimum atomic E-state index is -0.0881. The van der Waals surface area contributed by atoms with Gasteiger partial charge in [-0.05, 0) is 54.8 Å². The van der Waals surface area contributed by atoms with Crippen molar-refractivity contribution >= 4 is 46.7 Å². The highest BCUT2D eigenvalue weighted by atomic mass is 16.1. The molecule has 2 aromatic heterocycles. The van der Waals surface area contributed by atoms with E-state index in [4.69, 9.17) is 4.98 Å². The third kappa shape index (κ3) is 4.85. The molecule has 0 aliphatic carbocycles. The molecule has 172 valence electrons. The minimum absolute atomic E-state index is 0.0881. The summed E-state index contributed by atoms with van der Waals surface area (Å²) in [6.45, 7) is 5.52. The number of carbonyl (C=O) groups is 1. The van der Waals surface area contributed by atoms with E-state index in [0.29, 0.717) is 11.9 Å². The van der Waals surface area contributed by atoms with Gasteiger partial charge in [0.2, 0.25) is 11.9 Å². The lowest BCUT2D eigenvalue weighted by Crippen LogP contribution is -2.35. The van der Waals surface area contributed by atoms with Gasteiger partial charge in [-0.15, -0.1) is 0 Å². The molecule has 0 fully saturated rings. The second kappa shape index (κ2) is 9.66. The smallest absolute Gasteiger partial charge is 0.357 e. The van der Waals surface area contributed by atoms with E-state index in [1.54, 1.807) is 13.2 Å². The van der Waals surface area contributed by atoms with Crippen LogP contribution in [0.3, 0.4) is 0 Å². The molecule has 4 rings (SSSR count). The van der Waals surface area contributed by atoms with Crippen LogP contribution in [0.25, 0.3) is 34.3 Å². The van der Waals surface area contributed by atoms with Crippen molar-refractivity contribution in [2.24, 2.45) is 7.05 Å². The van der Waals surface area contributed by atoms with Crippen molar-refractivity contribution in [1.29, 1.82) is 0 Å². The van der Waals surface area contributed by atoms with Gasteiger partial charge in [-0.25, -0.2) is 19.9 Å². The first kappa shape index (κ1) is 22.8. The van der Waals surface area contributed by atoms with E-state index in [0.717, 1.165) is 43.8 Å². The van der Waals surface area contributed by atoms with Crippen LogP contribution in [0.1, 0.15) is 19.4 Å². The molecule has 0 aliphatic heterocycles. The van der Waals surface area contributed by atoms with Crippen LogP contribution >= 0.6 is 0 Å². The summed E-state index contributed by atoms with van der Waals surface area (Å²) in [5, 5.41) is 11.8. The van der Waals surface area contributed by atoms with Crippen LogP contribution in [-0.2, 0) is 11.8 Å². The molecular weight excluding hydrogens is 426 g/mol. The van der Waals surface area contributed by atoms with Gasteiger partial charge >= 0.3 is 5.95 Å². The molecule has 2 aromatic carbocycles. The summed E-state index contributed by atoms with van der Waals surface area (Å²) in [6, 6.07) is 12.1. The van der Waals surface area contributed by atoms with Gasteiger partial charge in [0.05, 0.1) is 24.8 Å². The Morgan fingerprint density at radius 2 is 1.94 bits per heavy atom. The molecule has 34 heavy (non-hydrogen) atoms. The summed E-state index contributed by atoms with van der Waals surface area (Å²) >= 11 is 0. The Morgan fingerprint density at radius 1 is 1.12 bits per heavy atom. The van der Waals surface area contributed by atoms with E-state index in [1.807, 2.05) is 61.3 Å². The highest BCUT2D eigenvalue weighted by Gasteiger charge is 2.12. The van der Waals surface area contributed by atoms with Crippen LogP contribution in [0.5, 0.6) is 0 Å². The number of aromatic nitrogens is 4. The standard InChI is InChI=1S/C26H27N7O/c1-6-23-20(13-28-25(27-4)31-23)14-29-26-32-24-10-8-18(11-19(24)15-33(26)5)22-12-21(30-17(3)34)9-7-16(22)2/h6-15H,1-5H3,(H2,27,30,31,34)/p+1. The molecule has 2 heterocycles. The molecule has 0 saturated carbocycles. The fourth-order valence-electron chi connectivity index (χ4n) is 3.75. The second-order valence-electron chi connectivity index (χ2n) is 8.02. The zero-order valence-electron chi connectivity index (χ0n) is 20.0. The van der Waals surface area contributed by atoms with Crippen molar-refractivity contribution < 1.29 is 9.36 Å². The number of benzene rings is 2. The number of rotatable bonds is 5. The zero-order valence-corrected chi connectivity index (χ0v) is 20.0. The van der Waals surface area contributed by atoms with E-state index in [2.05, 4.69) is 45.0 Å². The molecule has 1 amide bonds. The molecule has 0 bridgehead atoms. The van der Waals surface area contributed by atoms with Crippen molar-refractivity contribution in [2.45, 2.75) is 20.8 Å². The van der Waals surface area contributed by atoms with Gasteiger partial charge in [0.15, 0.2) is 5.52 Å². The van der Waals surface area contributed by atoms with Gasteiger partial charge in [-0.2, -0.15) is 0 Å². The lowest BCUT2D eigenvalue weighted by atomic mass is 9.98. The third-order valence-corrected chi connectivity index (χ3v) is 5.49. The normalized spacial score (nSPS) is 12.1. The summed E-state index contributed by atoms with van der Waals surface area (Å²) in [6.07, 6.45) is 7.61. The number of carbonyl (C=O) groups excluding carboxylic acids is 1. The molecule has 0 radical (unpaired) electrons. The number of anilines is 3. The first-order chi connectivity index (χ1) is 16.4. The Kier molecular flexibility index (Phi) is 6.49. The Hall–Kier alpha value is -4.33. The largest absolute Gasteiger partial charge is 0.396 e. The number of amides is 1. The highest BCUT2D eigenvalue weighted by molar-refractivity contribution is 5.91. The number of aryl methyl sites for hydroxylation is 2. The average molecular weight is 455 g/mol. The molecule has 4 aromatic rings. The zero-order chi connectivity index (χ0) is 24.2. The van der Waals surface area contributed by atoms with Crippen LogP contribution in [0, 0.1) is 6.92 Å². The van der Waals surface area contributed by atoms with Crippen molar-refractivity contribution in [2.75, 3.05) is 23.0 Å². The van der Waals surface area contributed by atoms with E-state index >= 15 is 0 Å². The number of hydrogen-bond acceptors (Lipinski definition) is 6. The average Bonchev–Trinajstić information content (AvgIpc) is 2.83. The number of fused-ring (bicyclic) bond motifs is 1. The molecule has 0 aliphatic rings. The van der Waals surface area contributed by atoms with E-state index in [-0.39, 0.29) is 5.91 Å². The predicted octanol–water partition coefficient (Wildman–Crippen LogP) is 2.48. The second-order valence-corrected chi connectivity index (χ2v) is 8.02. The van der Waals surface area contributed by atoms with Crippen molar-refractivity contribution in [3.8, 4) is 11.1 Å². The third-order valence-electron chi connectivity index (χ3n) is 5.49. The Labute approximate surface area is 198 Å². The Balaban J connectivity index is 1.69. The van der Waals surface area contributed by atoms with Crippen LogP contribution in [-0.4, -0.2) is 27.9 Å². The lowest BCUT2D eigenvalue weighted by molar-refractivity contribution is -0.658. The van der Waals surface area contributed by atoms with Gasteiger partial charge in [0.1, 0.15) is 0 Å². The predicted molar refractivity (Wildman–Crippen MR) is 136 cm³/mol. The molecule has 0 unspecified atom stereocenters. The van der Waals surface area contributed by atoms with Crippen molar-refractivity contribution in [3.05, 3.63) is 64.9 Å². The van der Waals surface area contributed by atoms with Crippen molar-refractivity contribution in [1.82, 2.24) is 15.0 Å². The first-order valence-electron chi connectivity index (χ1n) is 11.0. The minimum Gasteiger partial charge on any atom is -0.357 e. The molecule has 0 spiro atoms. The van der Waals surface area contributed by atoms with Crippen molar-refractivity contribution in [3.63, 3.8) is 0 Å². The van der Waals surface area contributed by atoms with Gasteiger partial charge in [-0.1, -0.05) is 23.2 Å². The summed E-state index contributed by atoms with van der Waals surface area (Å²) in [7, 11) is 3.74. The number of nitrogens with one attached hydrogen (secondary N) is 3. The quantitative estimate of drug-likeness (QED) is 0.401. The van der Waals surface area contributed by atoms with Gasteiger partial charge < -0.3 is 10.6 Å². The molecule has 0 atom stereocenters.